The summed E-state index contributed by atoms with van der Waals surface area (Å²) in [4.78, 5) is 12.6. The van der Waals surface area contributed by atoms with Crippen LogP contribution in [-0.2, 0) is 11.3 Å². The third kappa shape index (κ3) is 4.61. The lowest BCUT2D eigenvalue weighted by atomic mass is 10.0. The molecular weight excluding hydrogens is 358 g/mol. The normalized spacial score (nSPS) is 25.4. The Morgan fingerprint density at radius 2 is 1.96 bits per heavy atom. The Labute approximate surface area is 158 Å². The standard InChI is InChI=1S/C19H26ClNO5/c1-19(2,24)11-26-16-5-3-4-12(17(16)20)10-25-15-6-13-8-21(18(22)23)9-14(13)7-15/h3-5,13-15,24H,6-11H2,1-2H3,(H,22,23)/t13-,14+,15+. The van der Waals surface area contributed by atoms with Gasteiger partial charge in [-0.3, -0.25) is 0 Å². The van der Waals surface area contributed by atoms with Crippen LogP contribution in [0.5, 0.6) is 5.75 Å². The number of fused-ring (bicyclic) bond motifs is 1. The Kier molecular flexibility index (Phi) is 5.65. The zero-order valence-electron chi connectivity index (χ0n) is 15.2. The first-order valence-corrected chi connectivity index (χ1v) is 9.33. The minimum absolute atomic E-state index is 0.137. The van der Waals surface area contributed by atoms with Crippen molar-refractivity contribution < 1.29 is 24.5 Å². The van der Waals surface area contributed by atoms with Gasteiger partial charge in [0.25, 0.3) is 0 Å². The number of hydrogen-bond acceptors (Lipinski definition) is 4. The van der Waals surface area contributed by atoms with Gasteiger partial charge in [-0.1, -0.05) is 23.7 Å². The van der Waals surface area contributed by atoms with E-state index in [9.17, 15) is 9.90 Å². The molecule has 144 valence electrons. The van der Waals surface area contributed by atoms with Gasteiger partial charge < -0.3 is 24.6 Å². The van der Waals surface area contributed by atoms with Crippen LogP contribution in [-0.4, -0.2) is 52.6 Å². The summed E-state index contributed by atoms with van der Waals surface area (Å²) in [5.41, 5.74) is -0.0782. The van der Waals surface area contributed by atoms with Crippen LogP contribution in [0.15, 0.2) is 18.2 Å². The molecule has 0 radical (unpaired) electrons. The van der Waals surface area contributed by atoms with Crippen molar-refractivity contribution in [2.24, 2.45) is 11.8 Å². The van der Waals surface area contributed by atoms with Crippen LogP contribution < -0.4 is 4.74 Å². The number of amides is 1. The topological polar surface area (TPSA) is 79.2 Å². The van der Waals surface area contributed by atoms with Crippen LogP contribution in [0.4, 0.5) is 4.79 Å². The molecule has 1 saturated heterocycles. The van der Waals surface area contributed by atoms with Gasteiger partial charge in [-0.15, -0.1) is 0 Å². The van der Waals surface area contributed by atoms with Gasteiger partial charge in [-0.05, 0) is 44.6 Å². The van der Waals surface area contributed by atoms with Crippen molar-refractivity contribution >= 4 is 17.7 Å². The van der Waals surface area contributed by atoms with Gasteiger partial charge >= 0.3 is 6.09 Å². The van der Waals surface area contributed by atoms with Crippen molar-refractivity contribution in [3.8, 4) is 5.75 Å². The Balaban J connectivity index is 1.52. The number of halogens is 1. The number of carboxylic acid groups (broad SMARTS) is 1. The smallest absolute Gasteiger partial charge is 0.407 e. The maximum atomic E-state index is 11.1. The number of benzene rings is 1. The molecule has 0 bridgehead atoms. The molecule has 3 rings (SSSR count). The third-order valence-corrected chi connectivity index (χ3v) is 5.51. The van der Waals surface area contributed by atoms with E-state index in [1.54, 1.807) is 19.9 Å². The summed E-state index contributed by atoms with van der Waals surface area (Å²) in [5, 5.41) is 19.4. The molecule has 7 heteroatoms. The molecule has 26 heavy (non-hydrogen) atoms. The molecule has 2 aliphatic rings. The molecule has 1 aliphatic heterocycles. The average Bonchev–Trinajstić information content (AvgIpc) is 3.10. The monoisotopic (exact) mass is 383 g/mol. The van der Waals surface area contributed by atoms with E-state index in [0.29, 0.717) is 42.3 Å². The fourth-order valence-electron chi connectivity index (χ4n) is 3.78. The van der Waals surface area contributed by atoms with Crippen LogP contribution in [0.3, 0.4) is 0 Å². The lowest BCUT2D eigenvalue weighted by molar-refractivity contribution is 0.0278. The number of rotatable bonds is 6. The van der Waals surface area contributed by atoms with Crippen LogP contribution >= 0.6 is 11.6 Å². The van der Waals surface area contributed by atoms with Crippen molar-refractivity contribution in [1.29, 1.82) is 0 Å². The highest BCUT2D eigenvalue weighted by molar-refractivity contribution is 6.32. The molecule has 2 N–H and O–H groups in total. The molecule has 1 saturated carbocycles. The molecule has 1 aromatic rings. The molecule has 1 heterocycles. The molecule has 0 spiro atoms. The van der Waals surface area contributed by atoms with Crippen LogP contribution in [0.1, 0.15) is 32.3 Å². The highest BCUT2D eigenvalue weighted by Crippen LogP contribution is 2.40. The number of aliphatic hydroxyl groups is 1. The van der Waals surface area contributed by atoms with Gasteiger partial charge in [0.2, 0.25) is 0 Å². The van der Waals surface area contributed by atoms with Gasteiger partial charge in [0.1, 0.15) is 12.4 Å². The summed E-state index contributed by atoms with van der Waals surface area (Å²) in [7, 11) is 0. The largest absolute Gasteiger partial charge is 0.489 e. The van der Waals surface area contributed by atoms with E-state index in [1.165, 1.54) is 4.90 Å². The zero-order valence-corrected chi connectivity index (χ0v) is 15.9. The zero-order chi connectivity index (χ0) is 18.9. The summed E-state index contributed by atoms with van der Waals surface area (Å²) in [5.74, 6) is 1.33. The number of nitrogens with zero attached hydrogens (tertiary/aromatic N) is 1. The van der Waals surface area contributed by atoms with E-state index >= 15 is 0 Å². The Morgan fingerprint density at radius 1 is 1.31 bits per heavy atom. The predicted octanol–water partition coefficient (Wildman–Crippen LogP) is 3.39. The molecule has 3 atom stereocenters. The van der Waals surface area contributed by atoms with E-state index in [0.717, 1.165) is 18.4 Å². The van der Waals surface area contributed by atoms with Gasteiger partial charge in [0.05, 0.1) is 23.3 Å². The molecule has 1 amide bonds. The van der Waals surface area contributed by atoms with Gasteiger partial charge in [-0.25, -0.2) is 4.79 Å². The third-order valence-electron chi connectivity index (χ3n) is 5.08. The second kappa shape index (κ2) is 7.62. The van der Waals surface area contributed by atoms with Crippen molar-refractivity contribution in [3.05, 3.63) is 28.8 Å². The minimum Gasteiger partial charge on any atom is -0.489 e. The molecule has 0 unspecified atom stereocenters. The first-order chi connectivity index (χ1) is 12.2. The van der Waals surface area contributed by atoms with Crippen molar-refractivity contribution in [1.82, 2.24) is 4.90 Å². The average molecular weight is 384 g/mol. The maximum absolute atomic E-state index is 11.1. The van der Waals surface area contributed by atoms with E-state index in [2.05, 4.69) is 0 Å². The molecule has 6 nitrogen and oxygen atoms in total. The van der Waals surface area contributed by atoms with Gasteiger partial charge in [0, 0.05) is 18.7 Å². The summed E-state index contributed by atoms with van der Waals surface area (Å²) < 4.78 is 11.7. The predicted molar refractivity (Wildman–Crippen MR) is 97.6 cm³/mol. The molecule has 1 aromatic carbocycles. The van der Waals surface area contributed by atoms with E-state index in [4.69, 9.17) is 26.2 Å². The maximum Gasteiger partial charge on any atom is 0.407 e. The van der Waals surface area contributed by atoms with Crippen LogP contribution in [0.2, 0.25) is 5.02 Å². The van der Waals surface area contributed by atoms with Crippen molar-refractivity contribution in [2.45, 2.75) is 45.0 Å². The van der Waals surface area contributed by atoms with E-state index < -0.39 is 11.7 Å². The molecule has 1 aliphatic carbocycles. The number of hydrogen-bond donors (Lipinski definition) is 2. The molecular formula is C19H26ClNO5. The first kappa shape index (κ1) is 19.3. The number of carbonyl (C=O) groups is 1. The molecule has 2 fully saturated rings. The second-order valence-electron chi connectivity index (χ2n) is 7.94. The lowest BCUT2D eigenvalue weighted by Gasteiger charge is -2.20. The minimum atomic E-state index is -0.929. The summed E-state index contributed by atoms with van der Waals surface area (Å²) in [6.07, 6.45) is 1.09. The van der Waals surface area contributed by atoms with Gasteiger partial charge in [-0.2, -0.15) is 0 Å². The summed E-state index contributed by atoms with van der Waals surface area (Å²) in [6.45, 7) is 5.13. The van der Waals surface area contributed by atoms with Gasteiger partial charge in [0.15, 0.2) is 0 Å². The van der Waals surface area contributed by atoms with Crippen LogP contribution in [0, 0.1) is 11.8 Å². The fourth-order valence-corrected chi connectivity index (χ4v) is 4.01. The lowest BCUT2D eigenvalue weighted by Crippen LogP contribution is -2.28. The van der Waals surface area contributed by atoms with Crippen LogP contribution in [0.25, 0.3) is 0 Å². The second-order valence-corrected chi connectivity index (χ2v) is 8.32. The SMILES string of the molecule is CC(C)(O)COc1cccc(CO[C@H]2C[C@@H]3CN(C(=O)O)C[C@@H]3C2)c1Cl. The fraction of sp³-hybridized carbons (Fsp3) is 0.632. The Bertz CT molecular complexity index is 646. The summed E-state index contributed by atoms with van der Waals surface area (Å²) in [6, 6.07) is 5.54. The summed E-state index contributed by atoms with van der Waals surface area (Å²) >= 11 is 6.41. The Hall–Kier alpha value is -1.50. The highest BCUT2D eigenvalue weighted by atomic mass is 35.5. The van der Waals surface area contributed by atoms with Crippen molar-refractivity contribution in [2.75, 3.05) is 19.7 Å². The highest BCUT2D eigenvalue weighted by Gasteiger charge is 2.42. The van der Waals surface area contributed by atoms with Crippen molar-refractivity contribution in [3.63, 3.8) is 0 Å². The van der Waals surface area contributed by atoms with E-state index in [-0.39, 0.29) is 12.7 Å². The quantitative estimate of drug-likeness (QED) is 0.787. The number of ether oxygens (including phenoxy) is 2. The number of likely N-dealkylation sites (tertiary alicyclic amines) is 1. The first-order valence-electron chi connectivity index (χ1n) is 8.95. The molecule has 0 aromatic heterocycles. The Morgan fingerprint density at radius 3 is 2.54 bits per heavy atom. The van der Waals surface area contributed by atoms with E-state index in [1.807, 2.05) is 12.1 Å².